The molecular formula is C21H22N2O4S. The highest BCUT2D eigenvalue weighted by Crippen LogP contribution is 2.32. The summed E-state index contributed by atoms with van der Waals surface area (Å²) in [7, 11) is -1.87. The summed E-state index contributed by atoms with van der Waals surface area (Å²) in [5.41, 5.74) is 1.38. The van der Waals surface area contributed by atoms with E-state index in [1.807, 2.05) is 30.3 Å². The van der Waals surface area contributed by atoms with Crippen molar-refractivity contribution in [3.8, 4) is 17.2 Å². The predicted octanol–water partition coefficient (Wildman–Crippen LogP) is 4.24. The molecule has 0 unspecified atom stereocenters. The molecule has 0 N–H and O–H groups in total. The summed E-state index contributed by atoms with van der Waals surface area (Å²) in [6.45, 7) is 1.85. The lowest BCUT2D eigenvalue weighted by Crippen LogP contribution is -2.31. The van der Waals surface area contributed by atoms with E-state index in [1.54, 1.807) is 56.8 Å². The molecule has 0 fully saturated rings. The number of aromatic nitrogens is 1. The van der Waals surface area contributed by atoms with E-state index in [0.29, 0.717) is 22.9 Å². The molecule has 0 amide bonds. The lowest BCUT2D eigenvalue weighted by Gasteiger charge is -2.24. The maximum atomic E-state index is 12.6. The second-order valence-electron chi connectivity index (χ2n) is 6.02. The molecule has 0 saturated carbocycles. The molecule has 3 rings (SSSR count). The molecule has 0 aliphatic carbocycles. The molecule has 0 radical (unpaired) electrons. The van der Waals surface area contributed by atoms with Crippen molar-refractivity contribution in [2.45, 2.75) is 13.5 Å². The van der Waals surface area contributed by atoms with E-state index in [-0.39, 0.29) is 12.3 Å². The van der Waals surface area contributed by atoms with Crippen molar-refractivity contribution in [1.82, 2.24) is 4.98 Å². The average molecular weight is 398 g/mol. The SMILES string of the molecule is CCS(=O)(=O)N(Cc1cccnc1)c1ccc(Oc2ccccc2OC)cc1. The van der Waals surface area contributed by atoms with E-state index in [1.165, 1.54) is 4.31 Å². The van der Waals surface area contributed by atoms with Crippen LogP contribution in [0.4, 0.5) is 5.69 Å². The van der Waals surface area contributed by atoms with E-state index in [2.05, 4.69) is 4.98 Å². The van der Waals surface area contributed by atoms with Gasteiger partial charge >= 0.3 is 0 Å². The maximum absolute atomic E-state index is 12.6. The zero-order valence-corrected chi connectivity index (χ0v) is 16.6. The van der Waals surface area contributed by atoms with Crippen molar-refractivity contribution in [2.24, 2.45) is 0 Å². The largest absolute Gasteiger partial charge is 0.493 e. The number of benzene rings is 2. The second-order valence-corrected chi connectivity index (χ2v) is 8.20. The van der Waals surface area contributed by atoms with Gasteiger partial charge in [-0.15, -0.1) is 0 Å². The average Bonchev–Trinajstić information content (AvgIpc) is 2.74. The van der Waals surface area contributed by atoms with Gasteiger partial charge in [-0.1, -0.05) is 18.2 Å². The Morgan fingerprint density at radius 3 is 2.29 bits per heavy atom. The van der Waals surface area contributed by atoms with E-state index >= 15 is 0 Å². The molecule has 0 atom stereocenters. The maximum Gasteiger partial charge on any atom is 0.235 e. The topological polar surface area (TPSA) is 68.7 Å². The van der Waals surface area contributed by atoms with Crippen LogP contribution in [0.15, 0.2) is 73.1 Å². The third kappa shape index (κ3) is 4.61. The van der Waals surface area contributed by atoms with Crippen molar-refractivity contribution < 1.29 is 17.9 Å². The van der Waals surface area contributed by atoms with Gasteiger partial charge in [0.1, 0.15) is 5.75 Å². The first-order valence-corrected chi connectivity index (χ1v) is 10.4. The summed E-state index contributed by atoms with van der Waals surface area (Å²) in [5, 5.41) is 0. The van der Waals surface area contributed by atoms with Gasteiger partial charge in [0, 0.05) is 12.4 Å². The monoisotopic (exact) mass is 398 g/mol. The highest BCUT2D eigenvalue weighted by atomic mass is 32.2. The van der Waals surface area contributed by atoms with Gasteiger partial charge in [-0.05, 0) is 55.0 Å². The Balaban J connectivity index is 1.86. The van der Waals surface area contributed by atoms with Gasteiger partial charge in [-0.3, -0.25) is 9.29 Å². The summed E-state index contributed by atoms with van der Waals surface area (Å²) in [5.74, 6) is 1.81. The van der Waals surface area contributed by atoms with Crippen LogP contribution < -0.4 is 13.8 Å². The predicted molar refractivity (Wildman–Crippen MR) is 109 cm³/mol. The lowest BCUT2D eigenvalue weighted by molar-refractivity contribution is 0.379. The second kappa shape index (κ2) is 8.75. The quantitative estimate of drug-likeness (QED) is 0.568. The molecule has 3 aromatic rings. The van der Waals surface area contributed by atoms with Gasteiger partial charge in [-0.25, -0.2) is 8.42 Å². The molecule has 28 heavy (non-hydrogen) atoms. The van der Waals surface area contributed by atoms with Crippen molar-refractivity contribution in [3.63, 3.8) is 0 Å². The first kappa shape index (κ1) is 19.7. The van der Waals surface area contributed by atoms with Gasteiger partial charge in [0.2, 0.25) is 10.0 Å². The zero-order valence-electron chi connectivity index (χ0n) is 15.8. The third-order valence-electron chi connectivity index (χ3n) is 4.17. The molecule has 7 heteroatoms. The molecule has 0 aliphatic heterocycles. The fourth-order valence-electron chi connectivity index (χ4n) is 2.67. The molecule has 0 saturated heterocycles. The number of anilines is 1. The van der Waals surface area contributed by atoms with Gasteiger partial charge in [-0.2, -0.15) is 0 Å². The van der Waals surface area contributed by atoms with Crippen LogP contribution in [0.2, 0.25) is 0 Å². The van der Waals surface area contributed by atoms with Gasteiger partial charge < -0.3 is 9.47 Å². The van der Waals surface area contributed by atoms with Crippen molar-refractivity contribution >= 4 is 15.7 Å². The fourth-order valence-corrected chi connectivity index (χ4v) is 3.77. The summed E-state index contributed by atoms with van der Waals surface area (Å²) < 4.78 is 37.8. The molecule has 0 spiro atoms. The lowest BCUT2D eigenvalue weighted by atomic mass is 10.2. The number of nitrogens with zero attached hydrogens (tertiary/aromatic N) is 2. The van der Waals surface area contributed by atoms with Crippen LogP contribution in [0, 0.1) is 0 Å². The number of hydrogen-bond donors (Lipinski definition) is 0. The van der Waals surface area contributed by atoms with Crippen LogP contribution in [-0.4, -0.2) is 26.3 Å². The number of para-hydroxylation sites is 2. The van der Waals surface area contributed by atoms with Crippen molar-refractivity contribution in [2.75, 3.05) is 17.2 Å². The van der Waals surface area contributed by atoms with Crippen LogP contribution in [0.3, 0.4) is 0 Å². The minimum absolute atomic E-state index is 0.00667. The van der Waals surface area contributed by atoms with Crippen LogP contribution in [-0.2, 0) is 16.6 Å². The standard InChI is InChI=1S/C21H22N2O4S/c1-3-28(24,25)23(16-17-7-6-14-22-15-17)18-10-12-19(13-11-18)27-21-9-5-4-8-20(21)26-2/h4-15H,3,16H2,1-2H3. The minimum Gasteiger partial charge on any atom is -0.493 e. The van der Waals surface area contributed by atoms with E-state index in [0.717, 1.165) is 5.56 Å². The number of rotatable bonds is 8. The van der Waals surface area contributed by atoms with Gasteiger partial charge in [0.15, 0.2) is 11.5 Å². The van der Waals surface area contributed by atoms with Crippen LogP contribution >= 0.6 is 0 Å². The highest BCUT2D eigenvalue weighted by Gasteiger charge is 2.21. The summed E-state index contributed by atoms with van der Waals surface area (Å²) in [4.78, 5) is 4.06. The molecule has 2 aromatic carbocycles. The fraction of sp³-hybridized carbons (Fsp3) is 0.190. The zero-order chi connectivity index (χ0) is 20.0. The van der Waals surface area contributed by atoms with Gasteiger partial charge in [0.25, 0.3) is 0 Å². The first-order chi connectivity index (χ1) is 13.5. The Morgan fingerprint density at radius 2 is 1.68 bits per heavy atom. The number of ether oxygens (including phenoxy) is 2. The van der Waals surface area contributed by atoms with Crippen LogP contribution in [0.5, 0.6) is 17.2 Å². The minimum atomic E-state index is -3.45. The molecule has 0 bridgehead atoms. The van der Waals surface area contributed by atoms with E-state index in [9.17, 15) is 8.42 Å². The summed E-state index contributed by atoms with van der Waals surface area (Å²) in [6.07, 6.45) is 3.32. The summed E-state index contributed by atoms with van der Waals surface area (Å²) >= 11 is 0. The highest BCUT2D eigenvalue weighted by molar-refractivity contribution is 7.92. The Hall–Kier alpha value is -3.06. The summed E-state index contributed by atoms with van der Waals surface area (Å²) in [6, 6.07) is 17.9. The first-order valence-electron chi connectivity index (χ1n) is 8.83. The van der Waals surface area contributed by atoms with Crippen LogP contribution in [0.25, 0.3) is 0 Å². The Labute approximate surface area is 165 Å². The molecule has 6 nitrogen and oxygen atoms in total. The normalized spacial score (nSPS) is 11.1. The number of hydrogen-bond acceptors (Lipinski definition) is 5. The molecule has 1 aromatic heterocycles. The van der Waals surface area contributed by atoms with Gasteiger partial charge in [0.05, 0.1) is 25.1 Å². The third-order valence-corrected chi connectivity index (χ3v) is 5.91. The Morgan fingerprint density at radius 1 is 0.964 bits per heavy atom. The van der Waals surface area contributed by atoms with E-state index in [4.69, 9.17) is 9.47 Å². The van der Waals surface area contributed by atoms with Crippen molar-refractivity contribution in [1.29, 1.82) is 0 Å². The molecule has 146 valence electrons. The Bertz CT molecular complexity index is 1010. The number of sulfonamides is 1. The Kier molecular flexibility index (Phi) is 6.16. The molecule has 1 heterocycles. The van der Waals surface area contributed by atoms with Crippen molar-refractivity contribution in [3.05, 3.63) is 78.6 Å². The van der Waals surface area contributed by atoms with E-state index < -0.39 is 10.0 Å². The number of pyridine rings is 1. The number of methoxy groups -OCH3 is 1. The smallest absolute Gasteiger partial charge is 0.235 e. The molecular weight excluding hydrogens is 376 g/mol. The molecule has 0 aliphatic rings. The van der Waals surface area contributed by atoms with Crippen LogP contribution in [0.1, 0.15) is 12.5 Å².